The summed E-state index contributed by atoms with van der Waals surface area (Å²) in [5.74, 6) is 0. The first-order chi connectivity index (χ1) is 16.1. The van der Waals surface area contributed by atoms with Crippen molar-refractivity contribution in [3.8, 4) is 0 Å². The Kier molecular flexibility index (Phi) is 1.30. The average Bonchev–Trinajstić information content (AvgIpc) is 3.11. The number of ether oxygens (including phenoxy) is 1. The molecule has 2 aromatic rings. The zero-order valence-electron chi connectivity index (χ0n) is 25.9. The number of aromatic nitrogens is 1. The van der Waals surface area contributed by atoms with Gasteiger partial charge in [-0.15, -0.1) is 0 Å². The van der Waals surface area contributed by atoms with Crippen molar-refractivity contribution < 1.29 is 30.2 Å². The summed E-state index contributed by atoms with van der Waals surface area (Å²) >= 11 is 0. The molecule has 1 saturated heterocycles. The largest absolute Gasteiger partial charge is 0.447 e. The summed E-state index contributed by atoms with van der Waals surface area (Å²) in [6.45, 7) is -9.15. The summed E-state index contributed by atoms with van der Waals surface area (Å²) < 4.78 is 125. The highest BCUT2D eigenvalue weighted by atomic mass is 16.6. The standard InChI is InChI=1S/C16H21N3O2/c1-19(2)6-5-12-9-17-15-4-3-11(8-14(12)15)7-13-10-21-16(20)18-13/h3-4,8-9,13,17H,5-7,10H2,1-2H3,(H,18,20)/t13-/m0/s1/i1D3,3D,4D,5D2,6D2,8D,9D,10D2/hD2. The van der Waals surface area contributed by atoms with Crippen LogP contribution in [0.2, 0.25) is 2.82 Å². The molecule has 1 aromatic heterocycles. The number of carbonyl (C=O) groups is 1. The maximum atomic E-state index is 11.7. The van der Waals surface area contributed by atoms with Crippen molar-refractivity contribution in [2.45, 2.75) is 18.8 Å². The second kappa shape index (κ2) is 5.77. The number of cyclic esters (lactones) is 1. The van der Waals surface area contributed by atoms with Crippen molar-refractivity contribution in [3.05, 3.63) is 35.4 Å². The number of hydrogen-bond donors (Lipinski definition) is 2. The maximum absolute atomic E-state index is 11.7. The number of carbonyl (C=O) groups excluding carboxylic acids is 1. The molecule has 0 radical (unpaired) electrons. The van der Waals surface area contributed by atoms with Gasteiger partial charge in [0.05, 0.1) is 14.3 Å². The van der Waals surface area contributed by atoms with Gasteiger partial charge in [0.15, 0.2) is 2.82 Å². The minimum absolute atomic E-state index is 0.117. The Morgan fingerprint density at radius 2 is 2.62 bits per heavy atom. The van der Waals surface area contributed by atoms with Gasteiger partial charge >= 0.3 is 6.09 Å². The highest BCUT2D eigenvalue weighted by Gasteiger charge is 2.22. The van der Waals surface area contributed by atoms with Crippen molar-refractivity contribution >= 4 is 17.0 Å². The number of amides is 1. The van der Waals surface area contributed by atoms with Crippen LogP contribution in [0.3, 0.4) is 0 Å². The van der Waals surface area contributed by atoms with Crippen molar-refractivity contribution in [2.24, 2.45) is 0 Å². The van der Waals surface area contributed by atoms with Gasteiger partial charge in [-0.25, -0.2) is 4.79 Å². The highest BCUT2D eigenvalue weighted by Crippen LogP contribution is 2.21. The van der Waals surface area contributed by atoms with Crippen LogP contribution in [0.4, 0.5) is 4.79 Å². The van der Waals surface area contributed by atoms with Crippen LogP contribution >= 0.6 is 0 Å². The number of nitrogens with one attached hydrogen (secondary N) is 2. The molecule has 0 aliphatic carbocycles. The lowest BCUT2D eigenvalue weighted by Crippen LogP contribution is -2.28. The van der Waals surface area contributed by atoms with Gasteiger partial charge in [-0.1, -0.05) is 6.04 Å². The molecule has 1 aromatic carbocycles. The topological polar surface area (TPSA) is 57.4 Å². The molecule has 1 amide bonds. The molecular formula is C16H21N3O2. The fourth-order valence-corrected chi connectivity index (χ4v) is 1.78. The van der Waals surface area contributed by atoms with Crippen LogP contribution in [0.25, 0.3) is 10.9 Å². The van der Waals surface area contributed by atoms with E-state index in [1.807, 2.05) is 0 Å². The number of likely N-dealkylation sites (N-methyl/N-ethyl adjacent to an activating group) is 1. The number of aryl methyl sites for hydroxylation is 1. The van der Waals surface area contributed by atoms with Crippen LogP contribution in [0.15, 0.2) is 24.3 Å². The Labute approximate surface area is 145 Å². The van der Waals surface area contributed by atoms with E-state index in [-0.39, 0.29) is 15.2 Å². The fraction of sp³-hybridized carbons (Fsp3) is 0.438. The molecule has 0 spiro atoms. The molecule has 0 bridgehead atoms. The summed E-state index contributed by atoms with van der Waals surface area (Å²) in [7, 11) is 0.793. The third-order valence-electron chi connectivity index (χ3n) is 2.66. The molecular weight excluding hydrogens is 266 g/mol. The van der Waals surface area contributed by atoms with Gasteiger partial charge in [0.1, 0.15) is 6.56 Å². The Balaban J connectivity index is 2.34. The Bertz CT molecular complexity index is 1240. The van der Waals surface area contributed by atoms with Gasteiger partial charge < -0.3 is 19.9 Å². The second-order valence-corrected chi connectivity index (χ2v) is 4.31. The molecule has 112 valence electrons. The quantitative estimate of drug-likeness (QED) is 0.887. The third kappa shape index (κ3) is 3.19. The van der Waals surface area contributed by atoms with Crippen molar-refractivity contribution in [1.29, 1.82) is 0 Å². The van der Waals surface area contributed by atoms with Crippen LogP contribution in [0.1, 0.15) is 28.9 Å². The molecule has 5 nitrogen and oxygen atoms in total. The van der Waals surface area contributed by atoms with E-state index in [2.05, 4.69) is 4.74 Å². The number of aromatic amines is 1. The van der Waals surface area contributed by atoms with Gasteiger partial charge in [0, 0.05) is 33.2 Å². The molecule has 0 saturated carbocycles. The van der Waals surface area contributed by atoms with Crippen molar-refractivity contribution in [1.82, 2.24) is 15.2 Å². The number of fused-ring (bicyclic) bond motifs is 1. The van der Waals surface area contributed by atoms with E-state index in [9.17, 15) is 4.79 Å². The lowest BCUT2D eigenvalue weighted by molar-refractivity contribution is 0.177. The predicted octanol–water partition coefficient (Wildman–Crippen LogP) is 1.92. The van der Waals surface area contributed by atoms with E-state index in [0.717, 1.165) is 7.05 Å². The first kappa shape index (κ1) is 4.74. The Morgan fingerprint density at radius 1 is 1.71 bits per heavy atom. The van der Waals surface area contributed by atoms with E-state index in [4.69, 9.17) is 20.6 Å². The van der Waals surface area contributed by atoms with Crippen LogP contribution < -0.4 is 5.31 Å². The minimum Gasteiger partial charge on any atom is -0.447 e. The van der Waals surface area contributed by atoms with Gasteiger partial charge in [0.25, 0.3) is 0 Å². The van der Waals surface area contributed by atoms with Crippen LogP contribution in [-0.2, 0) is 17.5 Å². The molecule has 5 heteroatoms. The molecule has 0 unspecified atom stereocenters. The summed E-state index contributed by atoms with van der Waals surface area (Å²) in [4.78, 5) is 12.0. The number of alkyl carbamates (subject to hydrolysis) is 1. The molecule has 21 heavy (non-hydrogen) atoms. The smallest absolute Gasteiger partial charge is 0.407 e. The summed E-state index contributed by atoms with van der Waals surface area (Å²) in [6, 6.07) is -3.91. The van der Waals surface area contributed by atoms with Crippen LogP contribution in [0.5, 0.6) is 0 Å². The van der Waals surface area contributed by atoms with Crippen LogP contribution in [-0.4, -0.2) is 49.1 Å². The minimum atomic E-state index is -3.34. The molecule has 1 aliphatic rings. The van der Waals surface area contributed by atoms with Crippen LogP contribution in [0, 0.1) is 0 Å². The van der Waals surface area contributed by atoms with Gasteiger partial charge in [-0.2, -0.15) is 0 Å². The molecule has 1 aliphatic heterocycles. The summed E-state index contributed by atoms with van der Waals surface area (Å²) in [6.07, 6.45) is -6.38. The summed E-state index contributed by atoms with van der Waals surface area (Å²) in [5, 5.41) is -0.469. The SMILES string of the molecule is [2H]c1c(C[C@@H]2N([2H])C(=O)OC2([2H])[2H])c([2H])c2c(C([2H])([2H])C([2H])([2H])N(C)C([2H])([2H])[2H])c([2H])n([2H])c2c1[2H]. The molecule has 1 atom stereocenters. The van der Waals surface area contributed by atoms with Gasteiger partial charge in [0.2, 0.25) is 0 Å². The highest BCUT2D eigenvalue weighted by molar-refractivity contribution is 5.84. The average molecular weight is 302 g/mol. The monoisotopic (exact) mass is 302 g/mol. The zero-order chi connectivity index (χ0) is 27.9. The Morgan fingerprint density at radius 3 is 3.38 bits per heavy atom. The van der Waals surface area contributed by atoms with E-state index in [1.165, 1.54) is 0 Å². The first-order valence-corrected chi connectivity index (χ1v) is 5.99. The molecule has 2 heterocycles. The van der Waals surface area contributed by atoms with Crippen molar-refractivity contribution in [2.75, 3.05) is 27.1 Å². The first-order valence-electron chi connectivity index (χ1n) is 13.4. The van der Waals surface area contributed by atoms with Crippen molar-refractivity contribution in [3.63, 3.8) is 0 Å². The van der Waals surface area contributed by atoms with Gasteiger partial charge in [-0.3, -0.25) is 0 Å². The normalized spacial score (nSPS) is 33.4. The number of rotatable bonds is 5. The van der Waals surface area contributed by atoms with E-state index in [0.29, 0.717) is 0 Å². The summed E-state index contributed by atoms with van der Waals surface area (Å²) in [5.41, 5.74) is -1.95. The zero-order valence-corrected chi connectivity index (χ0v) is 10.9. The molecule has 1 fully saturated rings. The molecule has 3 rings (SSSR count). The number of H-pyrrole nitrogens is 1. The fourth-order valence-electron chi connectivity index (χ4n) is 1.78. The number of nitrogens with zero attached hydrogens (tertiary/aromatic N) is 1. The molecule has 2 N–H and O–H groups in total. The Hall–Kier alpha value is -2.01. The van der Waals surface area contributed by atoms with Gasteiger partial charge in [-0.05, 0) is 50.0 Å². The lowest BCUT2D eigenvalue weighted by Gasteiger charge is -2.09. The number of benzene rings is 1. The lowest BCUT2D eigenvalue weighted by atomic mass is 10.0. The van der Waals surface area contributed by atoms with E-state index in [1.54, 1.807) is 0 Å². The third-order valence-corrected chi connectivity index (χ3v) is 2.66. The second-order valence-electron chi connectivity index (χ2n) is 4.31. The van der Waals surface area contributed by atoms with E-state index < -0.39 is 91.3 Å². The number of hydrogen-bond acceptors (Lipinski definition) is 3. The maximum Gasteiger partial charge on any atom is 0.407 e. The van der Waals surface area contributed by atoms with E-state index >= 15 is 0 Å². The predicted molar refractivity (Wildman–Crippen MR) is 82.5 cm³/mol.